The molecule has 2 aliphatic rings. The predicted octanol–water partition coefficient (Wildman–Crippen LogP) is 4.35. The van der Waals surface area contributed by atoms with Gasteiger partial charge in [0.25, 0.3) is 5.91 Å². The van der Waals surface area contributed by atoms with Crippen LogP contribution in [0.3, 0.4) is 0 Å². The third kappa shape index (κ3) is 4.10. The van der Waals surface area contributed by atoms with Crippen LogP contribution >= 0.6 is 11.8 Å². The topological polar surface area (TPSA) is 99.2 Å². The highest BCUT2D eigenvalue weighted by Gasteiger charge is 2.26. The third-order valence-corrected chi connectivity index (χ3v) is 6.56. The van der Waals surface area contributed by atoms with Crippen LogP contribution in [0, 0.1) is 0 Å². The van der Waals surface area contributed by atoms with Crippen LogP contribution in [0.5, 0.6) is 5.75 Å². The quantitative estimate of drug-likeness (QED) is 0.451. The zero-order chi connectivity index (χ0) is 21.2. The Morgan fingerprint density at radius 1 is 1.19 bits per heavy atom. The number of anilines is 1. The second-order valence-electron chi connectivity index (χ2n) is 7.70. The highest BCUT2D eigenvalue weighted by molar-refractivity contribution is 7.99. The molecule has 1 aliphatic carbocycles. The summed E-state index contributed by atoms with van der Waals surface area (Å²) in [5, 5.41) is 12.2. The van der Waals surface area contributed by atoms with E-state index in [0.29, 0.717) is 34.6 Å². The number of Topliss-reactive ketones (excluding diaryl/α,β-unsaturated/α-hetero) is 1. The molecule has 160 valence electrons. The van der Waals surface area contributed by atoms with Crippen LogP contribution in [-0.2, 0) is 4.79 Å². The first kappa shape index (κ1) is 19.9. The van der Waals surface area contributed by atoms with Gasteiger partial charge in [-0.05, 0) is 43.2 Å². The summed E-state index contributed by atoms with van der Waals surface area (Å²) in [5.74, 6) is 1.91. The van der Waals surface area contributed by atoms with E-state index < -0.39 is 0 Å². The second kappa shape index (κ2) is 8.58. The van der Waals surface area contributed by atoms with Crippen LogP contribution in [-0.4, -0.2) is 38.8 Å². The molecular formula is C22H22N4O4S. The molecule has 5 rings (SSSR count). The van der Waals surface area contributed by atoms with Gasteiger partial charge in [-0.3, -0.25) is 14.2 Å². The van der Waals surface area contributed by atoms with Crippen LogP contribution in [0.25, 0.3) is 11.6 Å². The Balaban J connectivity index is 1.36. The molecule has 1 fully saturated rings. The van der Waals surface area contributed by atoms with Crippen molar-refractivity contribution in [1.29, 1.82) is 0 Å². The van der Waals surface area contributed by atoms with E-state index in [4.69, 9.17) is 9.15 Å². The van der Waals surface area contributed by atoms with Gasteiger partial charge < -0.3 is 14.5 Å². The molecule has 1 aromatic carbocycles. The third-order valence-electron chi connectivity index (χ3n) is 5.61. The Morgan fingerprint density at radius 2 is 2.06 bits per heavy atom. The molecule has 3 heterocycles. The van der Waals surface area contributed by atoms with Crippen molar-refractivity contribution < 1.29 is 18.7 Å². The van der Waals surface area contributed by atoms with Crippen LogP contribution in [0.2, 0.25) is 0 Å². The van der Waals surface area contributed by atoms with Crippen molar-refractivity contribution in [1.82, 2.24) is 14.8 Å². The summed E-state index contributed by atoms with van der Waals surface area (Å²) in [4.78, 5) is 24.4. The van der Waals surface area contributed by atoms with Crippen molar-refractivity contribution >= 4 is 29.1 Å². The van der Waals surface area contributed by atoms with Crippen molar-refractivity contribution in [2.24, 2.45) is 0 Å². The number of carbonyl (C=O) groups is 2. The smallest absolute Gasteiger partial charge is 0.262 e. The molecule has 0 atom stereocenters. The minimum absolute atomic E-state index is 0.00896. The van der Waals surface area contributed by atoms with Crippen molar-refractivity contribution in [2.75, 3.05) is 17.7 Å². The van der Waals surface area contributed by atoms with E-state index in [1.54, 1.807) is 24.5 Å². The number of fused-ring (bicyclic) bond motifs is 1. The zero-order valence-corrected chi connectivity index (χ0v) is 17.7. The average molecular weight is 439 g/mol. The van der Waals surface area contributed by atoms with Gasteiger partial charge in [-0.2, -0.15) is 0 Å². The molecule has 1 aliphatic heterocycles. The average Bonchev–Trinajstić information content (AvgIpc) is 3.47. The lowest BCUT2D eigenvalue weighted by Crippen LogP contribution is -2.25. The summed E-state index contributed by atoms with van der Waals surface area (Å²) in [6.07, 6.45) is 7.35. The van der Waals surface area contributed by atoms with Crippen molar-refractivity contribution in [3.63, 3.8) is 0 Å². The maximum Gasteiger partial charge on any atom is 0.262 e. The summed E-state index contributed by atoms with van der Waals surface area (Å²) in [5.41, 5.74) is 1.05. The summed E-state index contributed by atoms with van der Waals surface area (Å²) in [6.45, 7) is -0.00896. The molecule has 0 radical (unpaired) electrons. The van der Waals surface area contributed by atoms with E-state index in [0.717, 1.165) is 18.0 Å². The summed E-state index contributed by atoms with van der Waals surface area (Å²) in [7, 11) is 0. The number of nitrogens with one attached hydrogen (secondary N) is 1. The first-order chi connectivity index (χ1) is 15.2. The molecule has 0 saturated heterocycles. The number of hydrogen-bond donors (Lipinski definition) is 1. The SMILES string of the molecule is O=C1COc2ccc(C(=O)CSc3nnc(-c4ccco4)n3C3CCCCC3)cc2N1. The fourth-order valence-electron chi connectivity index (χ4n) is 4.09. The molecule has 0 bridgehead atoms. The Labute approximate surface area is 183 Å². The maximum absolute atomic E-state index is 12.9. The zero-order valence-electron chi connectivity index (χ0n) is 16.9. The molecule has 8 nitrogen and oxygen atoms in total. The number of thioether (sulfide) groups is 1. The lowest BCUT2D eigenvalue weighted by molar-refractivity contribution is -0.118. The van der Waals surface area contributed by atoms with E-state index in [2.05, 4.69) is 20.1 Å². The molecular weight excluding hydrogens is 416 g/mol. The van der Waals surface area contributed by atoms with Crippen LogP contribution < -0.4 is 10.1 Å². The van der Waals surface area contributed by atoms with E-state index in [-0.39, 0.29) is 24.1 Å². The maximum atomic E-state index is 12.9. The number of furan rings is 1. The van der Waals surface area contributed by atoms with E-state index in [1.807, 2.05) is 12.1 Å². The standard InChI is InChI=1S/C22H22N4O4S/c27-17(14-8-9-18-16(11-14)23-20(28)12-30-18)13-31-22-25-24-21(19-7-4-10-29-19)26(22)15-5-2-1-3-6-15/h4,7-11,15H,1-3,5-6,12-13H2,(H,23,28). The molecule has 1 saturated carbocycles. The van der Waals surface area contributed by atoms with E-state index in [9.17, 15) is 9.59 Å². The number of benzene rings is 1. The van der Waals surface area contributed by atoms with Crippen molar-refractivity contribution in [3.05, 3.63) is 42.2 Å². The first-order valence-electron chi connectivity index (χ1n) is 10.4. The summed E-state index contributed by atoms with van der Waals surface area (Å²) < 4.78 is 13.1. The van der Waals surface area contributed by atoms with Gasteiger partial charge in [0, 0.05) is 11.6 Å². The van der Waals surface area contributed by atoms with Crippen molar-refractivity contribution in [3.8, 4) is 17.3 Å². The van der Waals surface area contributed by atoms with E-state index in [1.165, 1.54) is 31.0 Å². The fourth-order valence-corrected chi connectivity index (χ4v) is 4.99. The van der Waals surface area contributed by atoms with Gasteiger partial charge in [0.15, 0.2) is 23.3 Å². The monoisotopic (exact) mass is 438 g/mol. The lowest BCUT2D eigenvalue weighted by Gasteiger charge is -2.25. The van der Waals surface area contributed by atoms with Crippen LogP contribution in [0.15, 0.2) is 46.2 Å². The fraction of sp³-hybridized carbons (Fsp3) is 0.364. The highest BCUT2D eigenvalue weighted by atomic mass is 32.2. The van der Waals surface area contributed by atoms with Crippen LogP contribution in [0.1, 0.15) is 48.5 Å². The number of aromatic nitrogens is 3. The minimum atomic E-state index is -0.225. The lowest BCUT2D eigenvalue weighted by atomic mass is 9.95. The molecule has 3 aromatic rings. The van der Waals surface area contributed by atoms with Gasteiger partial charge in [-0.1, -0.05) is 31.0 Å². The molecule has 1 N–H and O–H groups in total. The Hall–Kier alpha value is -3.07. The Bertz CT molecular complexity index is 1100. The normalized spacial score (nSPS) is 16.5. The highest BCUT2D eigenvalue weighted by Crippen LogP contribution is 2.36. The van der Waals surface area contributed by atoms with Gasteiger partial charge in [-0.25, -0.2) is 0 Å². The largest absolute Gasteiger partial charge is 0.482 e. The Morgan fingerprint density at radius 3 is 2.87 bits per heavy atom. The number of ether oxygens (including phenoxy) is 1. The summed E-state index contributed by atoms with van der Waals surface area (Å²) >= 11 is 1.38. The van der Waals surface area contributed by atoms with Crippen LogP contribution in [0.4, 0.5) is 5.69 Å². The molecule has 0 spiro atoms. The molecule has 1 amide bonds. The first-order valence-corrected chi connectivity index (χ1v) is 11.4. The number of nitrogens with zero attached hydrogens (tertiary/aromatic N) is 3. The van der Waals surface area contributed by atoms with E-state index >= 15 is 0 Å². The molecule has 9 heteroatoms. The van der Waals surface area contributed by atoms with Gasteiger partial charge in [-0.15, -0.1) is 10.2 Å². The number of amides is 1. The molecule has 2 aromatic heterocycles. The number of rotatable bonds is 6. The Kier molecular flexibility index (Phi) is 5.50. The molecule has 0 unspecified atom stereocenters. The molecule has 31 heavy (non-hydrogen) atoms. The second-order valence-corrected chi connectivity index (χ2v) is 8.65. The van der Waals surface area contributed by atoms with Gasteiger partial charge >= 0.3 is 0 Å². The number of carbonyl (C=O) groups excluding carboxylic acids is 2. The van der Waals surface area contributed by atoms with Gasteiger partial charge in [0.1, 0.15) is 5.75 Å². The predicted molar refractivity (Wildman–Crippen MR) is 115 cm³/mol. The van der Waals surface area contributed by atoms with Gasteiger partial charge in [0.05, 0.1) is 17.7 Å². The summed E-state index contributed by atoms with van der Waals surface area (Å²) in [6, 6.07) is 9.12. The number of ketones is 1. The van der Waals surface area contributed by atoms with Crippen molar-refractivity contribution in [2.45, 2.75) is 43.3 Å². The number of hydrogen-bond acceptors (Lipinski definition) is 7. The van der Waals surface area contributed by atoms with Gasteiger partial charge in [0.2, 0.25) is 5.82 Å². The minimum Gasteiger partial charge on any atom is -0.482 e.